The number of rotatable bonds is 6. The van der Waals surface area contributed by atoms with Crippen LogP contribution in [0.4, 0.5) is 0 Å². The van der Waals surface area contributed by atoms with Gasteiger partial charge in [-0.05, 0) is 60.2 Å². The molecule has 0 aliphatic heterocycles. The third-order valence-corrected chi connectivity index (χ3v) is 3.96. The quantitative estimate of drug-likeness (QED) is 0.634. The van der Waals surface area contributed by atoms with E-state index in [1.165, 1.54) is 30.3 Å². The van der Waals surface area contributed by atoms with Crippen LogP contribution in [0.25, 0.3) is 6.08 Å². The molecule has 142 valence electrons. The highest BCUT2D eigenvalue weighted by Crippen LogP contribution is 2.21. The maximum absolute atomic E-state index is 12.3. The lowest BCUT2D eigenvalue weighted by molar-refractivity contribution is -0.114. The van der Waals surface area contributed by atoms with Crippen molar-refractivity contribution in [3.63, 3.8) is 0 Å². The summed E-state index contributed by atoms with van der Waals surface area (Å²) in [5.41, 5.74) is 6.76. The molecule has 3 aromatic rings. The highest BCUT2D eigenvalue weighted by molar-refractivity contribution is 6.04. The fourth-order valence-electron chi connectivity index (χ4n) is 2.48. The van der Waals surface area contributed by atoms with E-state index in [2.05, 4.69) is 5.32 Å². The molecule has 6 nitrogen and oxygen atoms in total. The fourth-order valence-corrected chi connectivity index (χ4v) is 2.48. The Balaban J connectivity index is 1.73. The van der Waals surface area contributed by atoms with Crippen LogP contribution >= 0.6 is 0 Å². The van der Waals surface area contributed by atoms with Gasteiger partial charge in [0.15, 0.2) is 0 Å². The minimum absolute atomic E-state index is 0.0453. The van der Waals surface area contributed by atoms with E-state index in [1.54, 1.807) is 24.3 Å². The Morgan fingerprint density at radius 3 is 2.10 bits per heavy atom. The monoisotopic (exact) mass is 383 g/mol. The van der Waals surface area contributed by atoms with Crippen LogP contribution in [0.3, 0.4) is 0 Å². The predicted octanol–water partition coefficient (Wildman–Crippen LogP) is 3.61. The second-order valence-electron chi connectivity index (χ2n) is 6.05. The number of amides is 2. The highest BCUT2D eigenvalue weighted by atomic mass is 16.5. The van der Waals surface area contributed by atoms with Gasteiger partial charge in [0, 0.05) is 5.56 Å². The van der Waals surface area contributed by atoms with Crippen LogP contribution in [0.2, 0.25) is 0 Å². The van der Waals surface area contributed by atoms with Crippen LogP contribution in [0.5, 0.6) is 11.5 Å². The second kappa shape index (κ2) is 9.02. The molecule has 6 heteroatoms. The molecule has 0 saturated heterocycles. The molecule has 0 bridgehead atoms. The van der Waals surface area contributed by atoms with Crippen molar-refractivity contribution in [2.24, 2.45) is 5.73 Å². The largest absolute Gasteiger partial charge is 0.457 e. The van der Waals surface area contributed by atoms with Crippen LogP contribution in [-0.4, -0.2) is 11.8 Å². The molecule has 3 aromatic carbocycles. The lowest BCUT2D eigenvalue weighted by atomic mass is 10.1. The SMILES string of the molecule is N#Cc1ccc(C(=O)N/C(=C/c2ccc(Oc3ccccc3)cc2)C(N)=O)cc1. The van der Waals surface area contributed by atoms with Crippen LogP contribution in [-0.2, 0) is 4.79 Å². The standard InChI is InChI=1S/C23H17N3O3/c24-15-17-6-10-18(11-7-17)23(28)26-21(22(25)27)14-16-8-12-20(13-9-16)29-19-4-2-1-3-5-19/h1-14H,(H2,25,27)(H,26,28)/b21-14+. The van der Waals surface area contributed by atoms with Gasteiger partial charge in [-0.2, -0.15) is 5.26 Å². The molecule has 0 fully saturated rings. The molecule has 29 heavy (non-hydrogen) atoms. The number of primary amides is 1. The van der Waals surface area contributed by atoms with Crippen molar-refractivity contribution in [1.82, 2.24) is 5.32 Å². The number of hydrogen-bond acceptors (Lipinski definition) is 4. The van der Waals surface area contributed by atoms with Gasteiger partial charge in [0.25, 0.3) is 11.8 Å². The van der Waals surface area contributed by atoms with Crippen molar-refractivity contribution in [1.29, 1.82) is 5.26 Å². The smallest absolute Gasteiger partial charge is 0.265 e. The average molecular weight is 383 g/mol. The minimum atomic E-state index is -0.767. The fraction of sp³-hybridized carbons (Fsp3) is 0. The molecule has 0 aliphatic rings. The summed E-state index contributed by atoms with van der Waals surface area (Å²) in [5, 5.41) is 11.3. The normalized spacial score (nSPS) is 10.7. The molecule has 0 aliphatic carbocycles. The molecular weight excluding hydrogens is 366 g/mol. The zero-order chi connectivity index (χ0) is 20.6. The molecule has 0 spiro atoms. The molecule has 3 rings (SSSR count). The molecule has 0 heterocycles. The summed E-state index contributed by atoms with van der Waals surface area (Å²) in [6, 6.07) is 24.4. The first-order valence-corrected chi connectivity index (χ1v) is 8.71. The van der Waals surface area contributed by atoms with Crippen molar-refractivity contribution in [3.05, 3.63) is 101 Å². The first kappa shape index (κ1) is 19.4. The number of benzene rings is 3. The van der Waals surface area contributed by atoms with Gasteiger partial charge in [0.1, 0.15) is 17.2 Å². The number of hydrogen-bond donors (Lipinski definition) is 2. The lowest BCUT2D eigenvalue weighted by Gasteiger charge is -2.08. The second-order valence-corrected chi connectivity index (χ2v) is 6.05. The Labute approximate surface area is 167 Å². The molecule has 0 aromatic heterocycles. The number of nitrogens with one attached hydrogen (secondary N) is 1. The number of carbonyl (C=O) groups excluding carboxylic acids is 2. The van der Waals surface area contributed by atoms with E-state index in [1.807, 2.05) is 36.4 Å². The summed E-state index contributed by atoms with van der Waals surface area (Å²) in [5.74, 6) is 0.0825. The average Bonchev–Trinajstić information content (AvgIpc) is 2.75. The Hall–Kier alpha value is -4.37. The number of nitrogens with zero attached hydrogens (tertiary/aromatic N) is 1. The van der Waals surface area contributed by atoms with E-state index in [0.29, 0.717) is 28.2 Å². The van der Waals surface area contributed by atoms with E-state index in [-0.39, 0.29) is 5.70 Å². The van der Waals surface area contributed by atoms with Crippen molar-refractivity contribution in [2.45, 2.75) is 0 Å². The summed E-state index contributed by atoms with van der Waals surface area (Å²) < 4.78 is 5.72. The van der Waals surface area contributed by atoms with E-state index >= 15 is 0 Å². The summed E-state index contributed by atoms with van der Waals surface area (Å²) in [4.78, 5) is 24.1. The van der Waals surface area contributed by atoms with E-state index < -0.39 is 11.8 Å². The maximum Gasteiger partial charge on any atom is 0.265 e. The minimum Gasteiger partial charge on any atom is -0.457 e. The molecule has 3 N–H and O–H groups in total. The van der Waals surface area contributed by atoms with Gasteiger partial charge >= 0.3 is 0 Å². The van der Waals surface area contributed by atoms with Gasteiger partial charge in [-0.15, -0.1) is 0 Å². The van der Waals surface area contributed by atoms with Crippen molar-refractivity contribution in [2.75, 3.05) is 0 Å². The number of nitriles is 1. The summed E-state index contributed by atoms with van der Waals surface area (Å²) >= 11 is 0. The van der Waals surface area contributed by atoms with Gasteiger partial charge in [-0.25, -0.2) is 0 Å². The molecule has 0 atom stereocenters. The van der Waals surface area contributed by atoms with Gasteiger partial charge in [0.2, 0.25) is 0 Å². The van der Waals surface area contributed by atoms with Crippen molar-refractivity contribution >= 4 is 17.9 Å². The van der Waals surface area contributed by atoms with Gasteiger partial charge in [-0.3, -0.25) is 9.59 Å². The Morgan fingerprint density at radius 2 is 1.52 bits per heavy atom. The predicted molar refractivity (Wildman–Crippen MR) is 109 cm³/mol. The highest BCUT2D eigenvalue weighted by Gasteiger charge is 2.12. The first-order chi connectivity index (χ1) is 14.0. The number of carbonyl (C=O) groups is 2. The van der Waals surface area contributed by atoms with E-state index in [4.69, 9.17) is 15.7 Å². The molecule has 2 amide bonds. The lowest BCUT2D eigenvalue weighted by Crippen LogP contribution is -2.31. The maximum atomic E-state index is 12.3. The van der Waals surface area contributed by atoms with Crippen molar-refractivity contribution in [3.8, 4) is 17.6 Å². The zero-order valence-electron chi connectivity index (χ0n) is 15.3. The number of para-hydroxylation sites is 1. The summed E-state index contributed by atoms with van der Waals surface area (Å²) in [7, 11) is 0. The van der Waals surface area contributed by atoms with E-state index in [0.717, 1.165) is 0 Å². The van der Waals surface area contributed by atoms with E-state index in [9.17, 15) is 9.59 Å². The van der Waals surface area contributed by atoms with Gasteiger partial charge in [-0.1, -0.05) is 30.3 Å². The number of ether oxygens (including phenoxy) is 1. The first-order valence-electron chi connectivity index (χ1n) is 8.71. The zero-order valence-corrected chi connectivity index (χ0v) is 15.3. The topological polar surface area (TPSA) is 105 Å². The molecule has 0 unspecified atom stereocenters. The Bertz CT molecular complexity index is 1080. The van der Waals surface area contributed by atoms with Crippen LogP contribution < -0.4 is 15.8 Å². The molecular formula is C23H17N3O3. The molecule has 0 saturated carbocycles. The van der Waals surface area contributed by atoms with Gasteiger partial charge < -0.3 is 15.8 Å². The Kier molecular flexibility index (Phi) is 6.03. The van der Waals surface area contributed by atoms with Crippen LogP contribution in [0.15, 0.2) is 84.6 Å². The van der Waals surface area contributed by atoms with Crippen molar-refractivity contribution < 1.29 is 14.3 Å². The molecule has 0 radical (unpaired) electrons. The third-order valence-electron chi connectivity index (χ3n) is 3.96. The van der Waals surface area contributed by atoms with Crippen LogP contribution in [0.1, 0.15) is 21.5 Å². The number of nitrogens with two attached hydrogens (primary N) is 1. The summed E-state index contributed by atoms with van der Waals surface area (Å²) in [6.45, 7) is 0. The third kappa shape index (κ3) is 5.31. The van der Waals surface area contributed by atoms with Gasteiger partial charge in [0.05, 0.1) is 11.6 Å². The summed E-state index contributed by atoms with van der Waals surface area (Å²) in [6.07, 6.45) is 1.48. The van der Waals surface area contributed by atoms with Crippen LogP contribution in [0, 0.1) is 11.3 Å². The Morgan fingerprint density at radius 1 is 0.897 bits per heavy atom.